The van der Waals surface area contributed by atoms with Gasteiger partial charge >= 0.3 is 11.8 Å². The van der Waals surface area contributed by atoms with Crippen LogP contribution in [0.3, 0.4) is 0 Å². The Labute approximate surface area is 176 Å². The number of aromatic nitrogens is 1. The number of hydrogen-bond donors (Lipinski definition) is 2. The van der Waals surface area contributed by atoms with E-state index in [1.54, 1.807) is 6.21 Å². The molecule has 1 aromatic heterocycles. The third-order valence-corrected chi connectivity index (χ3v) is 4.95. The highest BCUT2D eigenvalue weighted by Gasteiger charge is 2.13. The molecule has 2 N–H and O–H groups in total. The van der Waals surface area contributed by atoms with Gasteiger partial charge in [0.15, 0.2) is 0 Å². The van der Waals surface area contributed by atoms with E-state index in [-0.39, 0.29) is 6.54 Å². The van der Waals surface area contributed by atoms with Crippen LogP contribution in [-0.4, -0.2) is 22.6 Å². The highest BCUT2D eigenvalue weighted by molar-refractivity contribution is 6.35. The summed E-state index contributed by atoms with van der Waals surface area (Å²) in [5, 5.41) is 6.54. The molecule has 6 nitrogen and oxygen atoms in total. The predicted molar refractivity (Wildman–Crippen MR) is 119 cm³/mol. The lowest BCUT2D eigenvalue weighted by atomic mass is 10.1. The Morgan fingerprint density at radius 2 is 1.70 bits per heavy atom. The second-order valence-corrected chi connectivity index (χ2v) is 7.32. The Balaban J connectivity index is 1.66. The van der Waals surface area contributed by atoms with Gasteiger partial charge in [0.25, 0.3) is 0 Å². The molecule has 0 saturated carbocycles. The number of hydrogen-bond acceptors (Lipinski definition) is 3. The van der Waals surface area contributed by atoms with E-state index < -0.39 is 11.8 Å². The van der Waals surface area contributed by atoms with Crippen molar-refractivity contribution in [3.63, 3.8) is 0 Å². The van der Waals surface area contributed by atoms with Gasteiger partial charge in [-0.2, -0.15) is 5.10 Å². The number of aryl methyl sites for hydroxylation is 3. The molecule has 0 radical (unpaired) electrons. The molecule has 0 bridgehead atoms. The van der Waals surface area contributed by atoms with E-state index in [1.165, 1.54) is 11.1 Å². The maximum atomic E-state index is 12.0. The van der Waals surface area contributed by atoms with Crippen LogP contribution in [0, 0.1) is 27.7 Å². The van der Waals surface area contributed by atoms with Gasteiger partial charge in [0.1, 0.15) is 0 Å². The highest BCUT2D eigenvalue weighted by atomic mass is 16.2. The molecule has 0 spiro atoms. The van der Waals surface area contributed by atoms with Gasteiger partial charge in [-0.25, -0.2) is 5.43 Å². The van der Waals surface area contributed by atoms with Crippen molar-refractivity contribution in [2.24, 2.45) is 5.10 Å². The van der Waals surface area contributed by atoms with E-state index >= 15 is 0 Å². The van der Waals surface area contributed by atoms with Gasteiger partial charge in [-0.15, -0.1) is 0 Å². The molecule has 30 heavy (non-hydrogen) atoms. The summed E-state index contributed by atoms with van der Waals surface area (Å²) in [4.78, 5) is 23.9. The topological polar surface area (TPSA) is 75.5 Å². The largest absolute Gasteiger partial charge is 0.344 e. The van der Waals surface area contributed by atoms with Gasteiger partial charge < -0.3 is 9.88 Å². The van der Waals surface area contributed by atoms with Crippen LogP contribution in [0.25, 0.3) is 5.69 Å². The summed E-state index contributed by atoms with van der Waals surface area (Å²) < 4.78 is 2.16. The summed E-state index contributed by atoms with van der Waals surface area (Å²) in [6, 6.07) is 17.7. The van der Waals surface area contributed by atoms with Crippen LogP contribution in [0.1, 0.15) is 33.6 Å². The summed E-state index contributed by atoms with van der Waals surface area (Å²) in [6.07, 6.45) is 1.56. The van der Waals surface area contributed by atoms with Crippen molar-refractivity contribution in [2.45, 2.75) is 34.2 Å². The first-order valence-electron chi connectivity index (χ1n) is 9.78. The van der Waals surface area contributed by atoms with Crippen molar-refractivity contribution in [1.29, 1.82) is 0 Å². The molecule has 3 rings (SSSR count). The lowest BCUT2D eigenvalue weighted by Gasteiger charge is -2.13. The summed E-state index contributed by atoms with van der Waals surface area (Å²) in [5.41, 5.74) is 9.64. The Bertz CT molecular complexity index is 1100. The zero-order chi connectivity index (χ0) is 21.7. The monoisotopic (exact) mass is 402 g/mol. The smallest absolute Gasteiger partial charge is 0.329 e. The molecule has 0 atom stereocenters. The van der Waals surface area contributed by atoms with Gasteiger partial charge in [0.05, 0.1) is 6.21 Å². The molecule has 154 valence electrons. The minimum atomic E-state index is -0.800. The number of nitrogens with zero attached hydrogens (tertiary/aromatic N) is 2. The van der Waals surface area contributed by atoms with E-state index in [0.717, 1.165) is 28.2 Å². The number of amides is 2. The fourth-order valence-electron chi connectivity index (χ4n) is 3.32. The van der Waals surface area contributed by atoms with Crippen LogP contribution in [0.15, 0.2) is 59.7 Å². The van der Waals surface area contributed by atoms with Crippen molar-refractivity contribution in [2.75, 3.05) is 0 Å². The zero-order valence-electron chi connectivity index (χ0n) is 17.7. The lowest BCUT2D eigenvalue weighted by Crippen LogP contribution is -2.37. The van der Waals surface area contributed by atoms with Crippen molar-refractivity contribution in [3.8, 4) is 5.69 Å². The van der Waals surface area contributed by atoms with Gasteiger partial charge in [0, 0.05) is 29.2 Å². The van der Waals surface area contributed by atoms with Crippen molar-refractivity contribution < 1.29 is 9.59 Å². The Morgan fingerprint density at radius 3 is 2.43 bits per heavy atom. The van der Waals surface area contributed by atoms with Crippen LogP contribution >= 0.6 is 0 Å². The van der Waals surface area contributed by atoms with Crippen molar-refractivity contribution in [3.05, 3.63) is 88.2 Å². The average Bonchev–Trinajstić information content (AvgIpc) is 3.01. The first-order valence-corrected chi connectivity index (χ1v) is 9.78. The molecule has 0 aliphatic heterocycles. The van der Waals surface area contributed by atoms with Gasteiger partial charge in [0.2, 0.25) is 0 Å². The van der Waals surface area contributed by atoms with E-state index in [2.05, 4.69) is 52.5 Å². The molecule has 2 amide bonds. The molecule has 6 heteroatoms. The van der Waals surface area contributed by atoms with Crippen LogP contribution in [0.4, 0.5) is 0 Å². The summed E-state index contributed by atoms with van der Waals surface area (Å²) in [7, 11) is 0. The molecular formula is C24H26N4O2. The zero-order valence-corrected chi connectivity index (χ0v) is 17.7. The Hall–Kier alpha value is -3.67. The maximum absolute atomic E-state index is 12.0. The number of nitrogens with one attached hydrogen (secondary N) is 2. The fourth-order valence-corrected chi connectivity index (χ4v) is 3.32. The second-order valence-electron chi connectivity index (χ2n) is 7.32. The second kappa shape index (κ2) is 9.22. The molecule has 2 aromatic carbocycles. The quantitative estimate of drug-likeness (QED) is 0.389. The molecule has 1 heterocycles. The number of rotatable bonds is 5. The molecule has 0 unspecified atom stereocenters. The number of benzene rings is 2. The first kappa shape index (κ1) is 21.0. The molecule has 0 fully saturated rings. The van der Waals surface area contributed by atoms with E-state index in [4.69, 9.17) is 0 Å². The summed E-state index contributed by atoms with van der Waals surface area (Å²) in [6.45, 7) is 8.47. The average molecular weight is 402 g/mol. The fraction of sp³-hybridized carbons (Fsp3) is 0.208. The summed E-state index contributed by atoms with van der Waals surface area (Å²) >= 11 is 0. The molecule has 3 aromatic rings. The number of carbonyl (C=O) groups excluding carboxylic acids is 2. The Kier molecular flexibility index (Phi) is 6.47. The van der Waals surface area contributed by atoms with Crippen LogP contribution in [-0.2, 0) is 16.1 Å². The molecule has 0 aliphatic carbocycles. The van der Waals surface area contributed by atoms with Gasteiger partial charge in [-0.3, -0.25) is 9.59 Å². The third-order valence-electron chi connectivity index (χ3n) is 4.95. The number of carbonyl (C=O) groups is 2. The van der Waals surface area contributed by atoms with Gasteiger partial charge in [-0.05, 0) is 56.5 Å². The SMILES string of the molecule is Cc1ccc(C)c(-n2c(C)cc(/C=N\NC(=O)C(=O)NCc3ccccc3)c2C)c1. The third kappa shape index (κ3) is 4.84. The van der Waals surface area contributed by atoms with Crippen LogP contribution in [0.2, 0.25) is 0 Å². The molecule has 0 saturated heterocycles. The Morgan fingerprint density at radius 1 is 0.967 bits per heavy atom. The normalized spacial score (nSPS) is 10.9. The van der Waals surface area contributed by atoms with Crippen molar-refractivity contribution in [1.82, 2.24) is 15.3 Å². The van der Waals surface area contributed by atoms with Crippen LogP contribution < -0.4 is 10.7 Å². The van der Waals surface area contributed by atoms with Gasteiger partial charge in [-0.1, -0.05) is 42.5 Å². The standard InChI is InChI=1S/C24H26N4O2/c1-16-10-11-17(2)22(12-16)28-18(3)13-21(19(28)4)15-26-27-24(30)23(29)25-14-20-8-6-5-7-9-20/h5-13,15H,14H2,1-4H3,(H,25,29)(H,27,30)/b26-15-. The van der Waals surface area contributed by atoms with E-state index in [9.17, 15) is 9.59 Å². The maximum Gasteiger partial charge on any atom is 0.329 e. The minimum Gasteiger partial charge on any atom is -0.344 e. The van der Waals surface area contributed by atoms with Crippen molar-refractivity contribution >= 4 is 18.0 Å². The molecular weight excluding hydrogens is 376 g/mol. The first-order chi connectivity index (χ1) is 14.4. The predicted octanol–water partition coefficient (Wildman–Crippen LogP) is 3.48. The highest BCUT2D eigenvalue weighted by Crippen LogP contribution is 2.23. The van der Waals surface area contributed by atoms with Crippen LogP contribution in [0.5, 0.6) is 0 Å². The lowest BCUT2D eigenvalue weighted by molar-refractivity contribution is -0.139. The van der Waals surface area contributed by atoms with E-state index in [1.807, 2.05) is 50.2 Å². The summed E-state index contributed by atoms with van der Waals surface area (Å²) in [5.74, 6) is -1.53. The minimum absolute atomic E-state index is 0.286. The van der Waals surface area contributed by atoms with E-state index in [0.29, 0.717) is 0 Å². The molecule has 0 aliphatic rings. The number of hydrazone groups is 1.